The Morgan fingerprint density at radius 3 is 2.84 bits per heavy atom. The van der Waals surface area contributed by atoms with Crippen molar-refractivity contribution in [1.82, 2.24) is 5.32 Å². The first-order valence-electron chi connectivity index (χ1n) is 6.19. The maximum atomic E-state index is 11.6. The first-order chi connectivity index (χ1) is 9.02. The zero-order valence-electron chi connectivity index (χ0n) is 11.5. The van der Waals surface area contributed by atoms with E-state index in [4.69, 9.17) is 4.74 Å². The van der Waals surface area contributed by atoms with Gasteiger partial charge in [0.1, 0.15) is 5.75 Å². The van der Waals surface area contributed by atoms with Gasteiger partial charge < -0.3 is 10.1 Å². The number of carbonyl (C=O) groups excluding carboxylic acids is 1. The molecule has 0 unspecified atom stereocenters. The van der Waals surface area contributed by atoms with E-state index in [1.807, 2.05) is 18.2 Å². The molecule has 0 aliphatic heterocycles. The number of ether oxygens (including phenoxy) is 1. The monoisotopic (exact) mass is 345 g/mol. The number of hydrogen-bond donors (Lipinski definition) is 1. The molecule has 0 aliphatic carbocycles. The minimum atomic E-state index is 0.0904. The molecule has 0 saturated carbocycles. The van der Waals surface area contributed by atoms with Gasteiger partial charge in [-0.25, -0.2) is 0 Å². The maximum Gasteiger partial charge on any atom is 0.230 e. The van der Waals surface area contributed by atoms with Crippen LogP contribution in [-0.2, 0) is 10.5 Å². The van der Waals surface area contributed by atoms with Crippen molar-refractivity contribution in [3.63, 3.8) is 0 Å². The van der Waals surface area contributed by atoms with Crippen molar-refractivity contribution in [3.8, 4) is 5.75 Å². The molecule has 0 atom stereocenters. The SMILES string of the molecule is COc1ccc(Br)cc1CSCC(=O)NCC(C)C. The topological polar surface area (TPSA) is 38.3 Å². The van der Waals surface area contributed by atoms with E-state index in [2.05, 4.69) is 35.1 Å². The molecule has 19 heavy (non-hydrogen) atoms. The van der Waals surface area contributed by atoms with E-state index in [1.165, 1.54) is 0 Å². The smallest absolute Gasteiger partial charge is 0.230 e. The molecule has 3 nitrogen and oxygen atoms in total. The minimum Gasteiger partial charge on any atom is -0.496 e. The predicted molar refractivity (Wildman–Crippen MR) is 84.7 cm³/mol. The van der Waals surface area contributed by atoms with Gasteiger partial charge in [-0.15, -0.1) is 11.8 Å². The number of amides is 1. The highest BCUT2D eigenvalue weighted by Crippen LogP contribution is 2.26. The largest absolute Gasteiger partial charge is 0.496 e. The number of rotatable bonds is 7. The third-order valence-electron chi connectivity index (χ3n) is 2.44. The summed E-state index contributed by atoms with van der Waals surface area (Å²) in [6, 6.07) is 5.90. The standard InChI is InChI=1S/C14H20BrNO2S/c1-10(2)7-16-14(17)9-19-8-11-6-12(15)4-5-13(11)18-3/h4-6,10H,7-9H2,1-3H3,(H,16,17). The molecule has 1 N–H and O–H groups in total. The molecule has 0 aromatic heterocycles. The Morgan fingerprint density at radius 1 is 1.47 bits per heavy atom. The van der Waals surface area contributed by atoms with Crippen molar-refractivity contribution < 1.29 is 9.53 Å². The molecule has 0 saturated heterocycles. The van der Waals surface area contributed by atoms with Gasteiger partial charge in [0.15, 0.2) is 0 Å². The Kier molecular flexibility index (Phi) is 7.31. The Morgan fingerprint density at radius 2 is 2.21 bits per heavy atom. The van der Waals surface area contributed by atoms with Crippen LogP contribution >= 0.6 is 27.7 Å². The van der Waals surface area contributed by atoms with Gasteiger partial charge in [0, 0.05) is 22.3 Å². The highest BCUT2D eigenvalue weighted by atomic mass is 79.9. The summed E-state index contributed by atoms with van der Waals surface area (Å²) >= 11 is 5.03. The molecule has 1 aromatic rings. The van der Waals surface area contributed by atoms with Crippen LogP contribution in [0.25, 0.3) is 0 Å². The molecule has 0 spiro atoms. The maximum absolute atomic E-state index is 11.6. The molecule has 0 bridgehead atoms. The van der Waals surface area contributed by atoms with Crippen molar-refractivity contribution in [1.29, 1.82) is 0 Å². The third kappa shape index (κ3) is 6.34. The fourth-order valence-electron chi connectivity index (χ4n) is 1.48. The summed E-state index contributed by atoms with van der Waals surface area (Å²) in [6.07, 6.45) is 0. The molecular weight excluding hydrogens is 326 g/mol. The molecule has 1 amide bonds. The van der Waals surface area contributed by atoms with Gasteiger partial charge >= 0.3 is 0 Å². The minimum absolute atomic E-state index is 0.0904. The van der Waals surface area contributed by atoms with E-state index in [-0.39, 0.29) is 5.91 Å². The lowest BCUT2D eigenvalue weighted by atomic mass is 10.2. The lowest BCUT2D eigenvalue weighted by molar-refractivity contribution is -0.118. The van der Waals surface area contributed by atoms with Crippen LogP contribution < -0.4 is 10.1 Å². The second kappa shape index (κ2) is 8.48. The Balaban J connectivity index is 2.40. The van der Waals surface area contributed by atoms with Gasteiger partial charge in [0.25, 0.3) is 0 Å². The Labute approximate surface area is 127 Å². The van der Waals surface area contributed by atoms with Crippen molar-refractivity contribution in [2.24, 2.45) is 5.92 Å². The summed E-state index contributed by atoms with van der Waals surface area (Å²) in [5.41, 5.74) is 1.10. The number of halogens is 1. The van der Waals surface area contributed by atoms with Crippen molar-refractivity contribution >= 4 is 33.6 Å². The van der Waals surface area contributed by atoms with E-state index in [9.17, 15) is 4.79 Å². The summed E-state index contributed by atoms with van der Waals surface area (Å²) in [4.78, 5) is 11.6. The zero-order chi connectivity index (χ0) is 14.3. The van der Waals surface area contributed by atoms with Gasteiger partial charge in [0.05, 0.1) is 12.9 Å². The van der Waals surface area contributed by atoms with Crippen LogP contribution in [0, 0.1) is 5.92 Å². The first-order valence-corrected chi connectivity index (χ1v) is 8.14. The summed E-state index contributed by atoms with van der Waals surface area (Å²) in [6.45, 7) is 4.90. The Hall–Kier alpha value is -0.680. The number of carbonyl (C=O) groups is 1. The van der Waals surface area contributed by atoms with E-state index < -0.39 is 0 Å². The zero-order valence-corrected chi connectivity index (χ0v) is 13.9. The molecule has 106 valence electrons. The lowest BCUT2D eigenvalue weighted by Gasteiger charge is -2.10. The number of methoxy groups -OCH3 is 1. The van der Waals surface area contributed by atoms with Gasteiger partial charge in [-0.3, -0.25) is 4.79 Å². The third-order valence-corrected chi connectivity index (χ3v) is 3.92. The predicted octanol–water partition coefficient (Wildman–Crippen LogP) is 3.46. The first kappa shape index (κ1) is 16.4. The van der Waals surface area contributed by atoms with Crippen LogP contribution in [0.4, 0.5) is 0 Å². The van der Waals surface area contributed by atoms with Crippen molar-refractivity contribution in [2.45, 2.75) is 19.6 Å². The highest BCUT2D eigenvalue weighted by molar-refractivity contribution is 9.10. The average Bonchev–Trinajstić information content (AvgIpc) is 2.36. The van der Waals surface area contributed by atoms with Crippen LogP contribution in [0.5, 0.6) is 5.75 Å². The second-order valence-corrected chi connectivity index (χ2v) is 6.55. The molecule has 0 aliphatic rings. The van der Waals surface area contributed by atoms with E-state index in [0.717, 1.165) is 28.1 Å². The summed E-state index contributed by atoms with van der Waals surface area (Å²) in [5.74, 6) is 2.67. The van der Waals surface area contributed by atoms with E-state index in [1.54, 1.807) is 18.9 Å². The van der Waals surface area contributed by atoms with Crippen LogP contribution in [0.3, 0.4) is 0 Å². The van der Waals surface area contributed by atoms with E-state index >= 15 is 0 Å². The molecule has 0 fully saturated rings. The lowest BCUT2D eigenvalue weighted by Crippen LogP contribution is -2.28. The normalized spacial score (nSPS) is 10.6. The fourth-order valence-corrected chi connectivity index (χ4v) is 2.73. The summed E-state index contributed by atoms with van der Waals surface area (Å²) in [5, 5.41) is 2.91. The number of thioether (sulfide) groups is 1. The average molecular weight is 346 g/mol. The quantitative estimate of drug-likeness (QED) is 0.822. The van der Waals surface area contributed by atoms with Crippen molar-refractivity contribution in [2.75, 3.05) is 19.4 Å². The number of hydrogen-bond acceptors (Lipinski definition) is 3. The van der Waals surface area contributed by atoms with E-state index in [0.29, 0.717) is 11.7 Å². The van der Waals surface area contributed by atoms with Crippen molar-refractivity contribution in [3.05, 3.63) is 28.2 Å². The van der Waals surface area contributed by atoms with Gasteiger partial charge in [-0.2, -0.15) is 0 Å². The van der Waals surface area contributed by atoms with Gasteiger partial charge in [-0.05, 0) is 24.1 Å². The summed E-state index contributed by atoms with van der Waals surface area (Å²) in [7, 11) is 1.66. The molecule has 1 rings (SSSR count). The molecule has 5 heteroatoms. The highest BCUT2D eigenvalue weighted by Gasteiger charge is 2.06. The Bertz CT molecular complexity index is 424. The molecular formula is C14H20BrNO2S. The number of benzene rings is 1. The molecule has 1 aromatic carbocycles. The van der Waals surface area contributed by atoms with Crippen LogP contribution in [-0.4, -0.2) is 25.3 Å². The number of nitrogens with one attached hydrogen (secondary N) is 1. The molecule has 0 radical (unpaired) electrons. The summed E-state index contributed by atoms with van der Waals surface area (Å²) < 4.78 is 6.32. The van der Waals surface area contributed by atoms with Crippen LogP contribution in [0.15, 0.2) is 22.7 Å². The fraction of sp³-hybridized carbons (Fsp3) is 0.500. The molecule has 0 heterocycles. The van der Waals surface area contributed by atoms with Crippen LogP contribution in [0.1, 0.15) is 19.4 Å². The van der Waals surface area contributed by atoms with Gasteiger partial charge in [-0.1, -0.05) is 29.8 Å². The van der Waals surface area contributed by atoms with Gasteiger partial charge in [0.2, 0.25) is 5.91 Å². The second-order valence-electron chi connectivity index (χ2n) is 4.65. The van der Waals surface area contributed by atoms with Crippen LogP contribution in [0.2, 0.25) is 0 Å².